The third-order valence-electron chi connectivity index (χ3n) is 4.13. The van der Waals surface area contributed by atoms with Gasteiger partial charge >= 0.3 is 6.36 Å². The number of halogens is 3. The zero-order valence-electron chi connectivity index (χ0n) is 12.7. The molecule has 24 heavy (non-hydrogen) atoms. The van der Waals surface area contributed by atoms with Crippen molar-refractivity contribution in [3.05, 3.63) is 24.3 Å². The lowest BCUT2D eigenvalue weighted by Crippen LogP contribution is -2.52. The van der Waals surface area contributed by atoms with Gasteiger partial charge in [-0.15, -0.1) is 13.2 Å². The zero-order valence-corrected chi connectivity index (χ0v) is 13.5. The summed E-state index contributed by atoms with van der Waals surface area (Å²) < 4.78 is 72.8. The Morgan fingerprint density at radius 3 is 2.54 bits per heavy atom. The van der Waals surface area contributed by atoms with Crippen molar-refractivity contribution in [3.8, 4) is 5.75 Å². The molecule has 2 saturated heterocycles. The Kier molecular flexibility index (Phi) is 4.49. The van der Waals surface area contributed by atoms with Crippen LogP contribution >= 0.6 is 0 Å². The first-order valence-corrected chi connectivity index (χ1v) is 8.89. The molecule has 0 bridgehead atoms. The van der Waals surface area contributed by atoms with Gasteiger partial charge in [-0.2, -0.15) is 4.31 Å². The van der Waals surface area contributed by atoms with Crippen LogP contribution < -0.4 is 10.1 Å². The monoisotopic (exact) mass is 366 g/mol. The summed E-state index contributed by atoms with van der Waals surface area (Å²) in [5.41, 5.74) is -0.479. The van der Waals surface area contributed by atoms with Crippen LogP contribution in [0.4, 0.5) is 13.2 Å². The first kappa shape index (κ1) is 17.5. The predicted octanol–water partition coefficient (Wildman–Crippen LogP) is 1.69. The van der Waals surface area contributed by atoms with E-state index in [9.17, 15) is 21.6 Å². The lowest BCUT2D eigenvalue weighted by Gasteiger charge is -2.37. The van der Waals surface area contributed by atoms with Crippen molar-refractivity contribution < 1.29 is 31.1 Å². The second-order valence-corrected chi connectivity index (χ2v) is 7.63. The zero-order chi connectivity index (χ0) is 17.4. The minimum Gasteiger partial charge on any atom is -0.406 e. The van der Waals surface area contributed by atoms with E-state index in [0.717, 1.165) is 18.7 Å². The van der Waals surface area contributed by atoms with Crippen LogP contribution in [0.1, 0.15) is 12.8 Å². The van der Waals surface area contributed by atoms with E-state index in [1.807, 2.05) is 0 Å². The summed E-state index contributed by atoms with van der Waals surface area (Å²) in [6, 6.07) is 4.43. The Morgan fingerprint density at radius 1 is 1.25 bits per heavy atom. The van der Waals surface area contributed by atoms with E-state index >= 15 is 0 Å². The van der Waals surface area contributed by atoms with Gasteiger partial charge in [-0.05, 0) is 12.1 Å². The molecule has 1 aromatic carbocycles. The Balaban J connectivity index is 1.75. The maximum Gasteiger partial charge on any atom is 0.573 e. The van der Waals surface area contributed by atoms with Crippen molar-refractivity contribution in [2.24, 2.45) is 0 Å². The molecule has 1 N–H and O–H groups in total. The van der Waals surface area contributed by atoms with Gasteiger partial charge in [-0.1, -0.05) is 6.07 Å². The van der Waals surface area contributed by atoms with Crippen molar-refractivity contribution in [2.75, 3.05) is 26.2 Å². The molecule has 0 aliphatic carbocycles. The Bertz CT molecular complexity index is 692. The fourth-order valence-corrected chi connectivity index (χ4v) is 4.44. The average molecular weight is 366 g/mol. The molecule has 134 valence electrons. The van der Waals surface area contributed by atoms with Crippen molar-refractivity contribution in [1.82, 2.24) is 9.62 Å². The fourth-order valence-electron chi connectivity index (χ4n) is 2.97. The summed E-state index contributed by atoms with van der Waals surface area (Å²) in [7, 11) is -3.88. The first-order valence-electron chi connectivity index (χ1n) is 7.45. The van der Waals surface area contributed by atoms with Gasteiger partial charge < -0.3 is 9.47 Å². The first-order chi connectivity index (χ1) is 11.2. The van der Waals surface area contributed by atoms with Crippen molar-refractivity contribution >= 4 is 10.0 Å². The molecule has 0 aromatic heterocycles. The van der Waals surface area contributed by atoms with Crippen LogP contribution in [0.15, 0.2) is 29.2 Å². The van der Waals surface area contributed by atoms with E-state index in [-0.39, 0.29) is 18.0 Å². The third kappa shape index (κ3) is 3.66. The number of rotatable bonds is 3. The SMILES string of the molecule is O=S(=O)(c1cccc(OC(F)(F)F)c1)N1CCC2(CC1)NCCO2. The van der Waals surface area contributed by atoms with Crippen LogP contribution in [0.25, 0.3) is 0 Å². The molecule has 0 unspecified atom stereocenters. The van der Waals surface area contributed by atoms with Gasteiger partial charge in [0, 0.05) is 38.5 Å². The molecule has 0 atom stereocenters. The van der Waals surface area contributed by atoms with Gasteiger partial charge in [0.15, 0.2) is 0 Å². The van der Waals surface area contributed by atoms with Crippen LogP contribution in [0, 0.1) is 0 Å². The number of sulfonamides is 1. The number of alkyl halides is 3. The quantitative estimate of drug-likeness (QED) is 0.882. The van der Waals surface area contributed by atoms with Crippen molar-refractivity contribution in [3.63, 3.8) is 0 Å². The molecular formula is C14H17F3N2O4S. The van der Waals surface area contributed by atoms with E-state index < -0.39 is 27.9 Å². The summed E-state index contributed by atoms with van der Waals surface area (Å²) in [5.74, 6) is -0.558. The van der Waals surface area contributed by atoms with Gasteiger partial charge in [0.05, 0.1) is 11.5 Å². The molecular weight excluding hydrogens is 349 g/mol. The number of hydrogen-bond donors (Lipinski definition) is 1. The standard InChI is InChI=1S/C14H17F3N2O4S/c15-14(16,17)23-11-2-1-3-12(10-11)24(20,21)19-7-4-13(5-8-19)18-6-9-22-13/h1-3,10,18H,4-9H2. The largest absolute Gasteiger partial charge is 0.573 e. The Morgan fingerprint density at radius 2 is 1.96 bits per heavy atom. The van der Waals surface area contributed by atoms with Gasteiger partial charge in [-0.25, -0.2) is 8.42 Å². The summed E-state index contributed by atoms with van der Waals surface area (Å²) in [5, 5.41) is 3.23. The highest BCUT2D eigenvalue weighted by Crippen LogP contribution is 2.31. The van der Waals surface area contributed by atoms with E-state index in [2.05, 4.69) is 10.1 Å². The smallest absolute Gasteiger partial charge is 0.406 e. The molecule has 1 aromatic rings. The molecule has 0 saturated carbocycles. The normalized spacial score (nSPS) is 22.0. The molecule has 2 aliphatic heterocycles. The molecule has 2 heterocycles. The minimum atomic E-state index is -4.87. The van der Waals surface area contributed by atoms with Crippen molar-refractivity contribution in [2.45, 2.75) is 29.8 Å². The van der Waals surface area contributed by atoms with Crippen LogP contribution in [0.3, 0.4) is 0 Å². The number of ether oxygens (including phenoxy) is 2. The lowest BCUT2D eigenvalue weighted by atomic mass is 10.0. The number of hydrogen-bond acceptors (Lipinski definition) is 5. The van der Waals surface area contributed by atoms with Crippen LogP contribution in [-0.4, -0.2) is 51.1 Å². The van der Waals surface area contributed by atoms with Gasteiger partial charge in [0.25, 0.3) is 0 Å². The van der Waals surface area contributed by atoms with Crippen LogP contribution in [0.5, 0.6) is 5.75 Å². The van der Waals surface area contributed by atoms with Crippen LogP contribution in [0.2, 0.25) is 0 Å². The minimum absolute atomic E-state index is 0.222. The molecule has 1 spiro atoms. The highest BCUT2D eigenvalue weighted by molar-refractivity contribution is 7.89. The molecule has 10 heteroatoms. The van der Waals surface area contributed by atoms with Gasteiger partial charge in [0.2, 0.25) is 10.0 Å². The van der Waals surface area contributed by atoms with Gasteiger partial charge in [0.1, 0.15) is 11.5 Å². The highest BCUT2D eigenvalue weighted by Gasteiger charge is 2.41. The third-order valence-corrected chi connectivity index (χ3v) is 6.03. The molecule has 2 fully saturated rings. The number of piperidine rings is 1. The maximum absolute atomic E-state index is 12.6. The van der Waals surface area contributed by atoms with E-state index in [1.54, 1.807) is 0 Å². The molecule has 0 radical (unpaired) electrons. The molecule has 6 nitrogen and oxygen atoms in total. The average Bonchev–Trinajstić information content (AvgIpc) is 2.94. The topological polar surface area (TPSA) is 67.9 Å². The molecule has 2 aliphatic rings. The second kappa shape index (κ2) is 6.17. The number of nitrogens with zero attached hydrogens (tertiary/aromatic N) is 1. The summed E-state index contributed by atoms with van der Waals surface area (Å²) in [6.07, 6.45) is -3.89. The van der Waals surface area contributed by atoms with Gasteiger partial charge in [-0.3, -0.25) is 5.32 Å². The van der Waals surface area contributed by atoms with E-state index in [0.29, 0.717) is 19.4 Å². The number of benzene rings is 1. The molecule has 3 rings (SSSR count). The fraction of sp³-hybridized carbons (Fsp3) is 0.571. The number of nitrogens with one attached hydrogen (secondary N) is 1. The van der Waals surface area contributed by atoms with Crippen molar-refractivity contribution in [1.29, 1.82) is 0 Å². The summed E-state index contributed by atoms with van der Waals surface area (Å²) >= 11 is 0. The lowest BCUT2D eigenvalue weighted by molar-refractivity contribution is -0.274. The maximum atomic E-state index is 12.6. The Labute approximate surface area is 137 Å². The predicted molar refractivity (Wildman–Crippen MR) is 77.8 cm³/mol. The summed E-state index contributed by atoms with van der Waals surface area (Å²) in [4.78, 5) is -0.222. The second-order valence-electron chi connectivity index (χ2n) is 5.70. The summed E-state index contributed by atoms with van der Waals surface area (Å²) in [6.45, 7) is 1.78. The van der Waals surface area contributed by atoms with E-state index in [4.69, 9.17) is 4.74 Å². The highest BCUT2D eigenvalue weighted by atomic mass is 32.2. The van der Waals surface area contributed by atoms with Crippen LogP contribution in [-0.2, 0) is 14.8 Å². The Hall–Kier alpha value is -1.36. The molecule has 0 amide bonds. The van der Waals surface area contributed by atoms with E-state index in [1.165, 1.54) is 16.4 Å².